The predicted molar refractivity (Wildman–Crippen MR) is 158 cm³/mol. The Kier molecular flexibility index (Phi) is 9.33. The molecule has 0 unspecified atom stereocenters. The standard InChI is InChI=1S/C32H35N3O8/c1-32(2,3)43-31(38)34(20-22-9-7-6-8-10-22)26-17-21-11-14-24(15-12-21)42-28-19-23(13-16-25(28)35(39)40)18-27(30(37)41-5)33(4)29(26)36/h6-16,19,26-27H,17-18,20H2,1-5H3/t26-,27-/m0/s1. The molecule has 0 saturated heterocycles. The first-order valence-electron chi connectivity index (χ1n) is 13.8. The summed E-state index contributed by atoms with van der Waals surface area (Å²) in [5.74, 6) is -0.838. The number of rotatable bonds is 5. The van der Waals surface area contributed by atoms with Crippen LogP contribution in [0.4, 0.5) is 10.5 Å². The van der Waals surface area contributed by atoms with Gasteiger partial charge in [0.2, 0.25) is 11.7 Å². The van der Waals surface area contributed by atoms with Gasteiger partial charge in [0, 0.05) is 32.5 Å². The molecule has 5 rings (SSSR count). The van der Waals surface area contributed by atoms with E-state index in [9.17, 15) is 24.5 Å². The van der Waals surface area contributed by atoms with Crippen molar-refractivity contribution in [2.75, 3.05) is 14.2 Å². The van der Waals surface area contributed by atoms with E-state index in [0.717, 1.165) is 5.56 Å². The third kappa shape index (κ3) is 7.68. The molecule has 11 heteroatoms. The van der Waals surface area contributed by atoms with Crippen LogP contribution < -0.4 is 4.74 Å². The van der Waals surface area contributed by atoms with Crippen molar-refractivity contribution in [2.24, 2.45) is 0 Å². The van der Waals surface area contributed by atoms with Crippen molar-refractivity contribution in [3.63, 3.8) is 0 Å². The van der Waals surface area contributed by atoms with Crippen molar-refractivity contribution < 1.29 is 33.5 Å². The number of nitro benzene ring substituents is 1. The second-order valence-corrected chi connectivity index (χ2v) is 11.3. The number of likely N-dealkylation sites (N-methyl/N-ethyl adjacent to an activating group) is 1. The van der Waals surface area contributed by atoms with Gasteiger partial charge < -0.3 is 19.1 Å². The predicted octanol–water partition coefficient (Wildman–Crippen LogP) is 5.29. The van der Waals surface area contributed by atoms with Gasteiger partial charge in [0.25, 0.3) is 0 Å². The van der Waals surface area contributed by atoms with Crippen LogP contribution in [0, 0.1) is 10.1 Å². The average Bonchev–Trinajstić information content (AvgIpc) is 2.96. The normalized spacial score (nSPS) is 17.0. The van der Waals surface area contributed by atoms with Crippen LogP contribution in [0.5, 0.6) is 11.5 Å². The smallest absolute Gasteiger partial charge is 0.411 e. The van der Waals surface area contributed by atoms with Crippen molar-refractivity contribution in [3.8, 4) is 11.5 Å². The molecule has 0 N–H and O–H groups in total. The topological polar surface area (TPSA) is 129 Å². The van der Waals surface area contributed by atoms with Gasteiger partial charge >= 0.3 is 17.7 Å². The number of carbonyl (C=O) groups excluding carboxylic acids is 3. The lowest BCUT2D eigenvalue weighted by Crippen LogP contribution is -2.55. The molecule has 0 aromatic heterocycles. The number of hydrogen-bond donors (Lipinski definition) is 0. The summed E-state index contributed by atoms with van der Waals surface area (Å²) < 4.78 is 16.7. The molecule has 0 radical (unpaired) electrons. The minimum absolute atomic E-state index is 0.00161. The summed E-state index contributed by atoms with van der Waals surface area (Å²) in [6.45, 7) is 5.32. The molecule has 2 amide bonds. The van der Waals surface area contributed by atoms with Crippen molar-refractivity contribution in [3.05, 3.63) is 99.6 Å². The number of methoxy groups -OCH3 is 1. The lowest BCUT2D eigenvalue weighted by Gasteiger charge is -2.36. The number of esters is 1. The molecule has 11 nitrogen and oxygen atoms in total. The second kappa shape index (κ2) is 12.9. The van der Waals surface area contributed by atoms with Crippen LogP contribution in [0.1, 0.15) is 37.5 Å². The van der Waals surface area contributed by atoms with Gasteiger partial charge in [-0.05, 0) is 55.7 Å². The largest absolute Gasteiger partial charge is 0.467 e. The van der Waals surface area contributed by atoms with Gasteiger partial charge in [-0.1, -0.05) is 48.5 Å². The molecule has 2 atom stereocenters. The quantitative estimate of drug-likeness (QED) is 0.223. The Bertz CT molecular complexity index is 1480. The van der Waals surface area contributed by atoms with Gasteiger partial charge in [0.15, 0.2) is 0 Å². The van der Waals surface area contributed by atoms with E-state index < -0.39 is 40.6 Å². The van der Waals surface area contributed by atoms with Crippen molar-refractivity contribution in [1.29, 1.82) is 0 Å². The molecule has 3 aromatic rings. The lowest BCUT2D eigenvalue weighted by atomic mass is 9.99. The Balaban J connectivity index is 1.85. The first-order chi connectivity index (χ1) is 20.4. The Hall–Kier alpha value is -4.93. The highest BCUT2D eigenvalue weighted by atomic mass is 16.6. The van der Waals surface area contributed by atoms with Gasteiger partial charge in [-0.2, -0.15) is 0 Å². The molecule has 0 spiro atoms. The van der Waals surface area contributed by atoms with E-state index in [2.05, 4.69) is 0 Å². The first kappa shape index (κ1) is 31.0. The van der Waals surface area contributed by atoms with Crippen molar-refractivity contribution in [1.82, 2.24) is 9.80 Å². The Labute approximate surface area is 250 Å². The summed E-state index contributed by atoms with van der Waals surface area (Å²) in [5.41, 5.74) is 0.914. The van der Waals surface area contributed by atoms with E-state index >= 15 is 0 Å². The van der Waals surface area contributed by atoms with E-state index in [1.165, 1.54) is 42.2 Å². The summed E-state index contributed by atoms with van der Waals surface area (Å²) >= 11 is 0. The fourth-order valence-corrected chi connectivity index (χ4v) is 4.82. The van der Waals surface area contributed by atoms with Crippen LogP contribution in [0.3, 0.4) is 0 Å². The highest BCUT2D eigenvalue weighted by molar-refractivity contribution is 5.90. The highest BCUT2D eigenvalue weighted by Crippen LogP contribution is 2.34. The number of benzene rings is 3. The monoisotopic (exact) mass is 589 g/mol. The van der Waals surface area contributed by atoms with Crippen LogP contribution in [0.15, 0.2) is 72.8 Å². The van der Waals surface area contributed by atoms with Crippen molar-refractivity contribution in [2.45, 2.75) is 57.8 Å². The maximum Gasteiger partial charge on any atom is 0.411 e. The number of ether oxygens (including phenoxy) is 3. The summed E-state index contributed by atoms with van der Waals surface area (Å²) in [6.07, 6.45) is -0.605. The summed E-state index contributed by atoms with van der Waals surface area (Å²) in [4.78, 5) is 54.9. The molecule has 2 aliphatic heterocycles. The summed E-state index contributed by atoms with van der Waals surface area (Å²) in [7, 11) is 2.70. The number of amides is 2. The van der Waals surface area contributed by atoms with E-state index in [1.807, 2.05) is 30.3 Å². The molecule has 2 aliphatic rings. The van der Waals surface area contributed by atoms with Crippen LogP contribution in [-0.4, -0.2) is 64.5 Å². The molecule has 0 aliphatic carbocycles. The van der Waals surface area contributed by atoms with E-state index in [0.29, 0.717) is 16.9 Å². The second-order valence-electron chi connectivity index (χ2n) is 11.3. The SMILES string of the molecule is COC(=O)[C@@H]1Cc2ccc([N+](=O)[O-])c(c2)Oc2ccc(cc2)C[C@H](N(Cc2ccccc2)C(=O)OC(C)(C)C)C(=O)N1C. The number of fused-ring (bicyclic) bond motifs is 7. The van der Waals surface area contributed by atoms with Gasteiger partial charge in [0.05, 0.1) is 12.0 Å². The Morgan fingerprint density at radius 2 is 1.67 bits per heavy atom. The maximum absolute atomic E-state index is 14.4. The molecular weight excluding hydrogens is 554 g/mol. The third-order valence-corrected chi connectivity index (χ3v) is 7.00. The fraction of sp³-hybridized carbons (Fsp3) is 0.344. The fourth-order valence-electron chi connectivity index (χ4n) is 4.82. The summed E-state index contributed by atoms with van der Waals surface area (Å²) in [5, 5.41) is 11.7. The number of carbonyl (C=O) groups is 3. The zero-order chi connectivity index (χ0) is 31.3. The molecule has 43 heavy (non-hydrogen) atoms. The number of nitro groups is 1. The molecule has 4 bridgehead atoms. The van der Waals surface area contributed by atoms with Gasteiger partial charge in [0.1, 0.15) is 23.4 Å². The zero-order valence-corrected chi connectivity index (χ0v) is 24.8. The maximum atomic E-state index is 14.4. The molecule has 3 aromatic carbocycles. The number of nitrogens with zero attached hydrogens (tertiary/aromatic N) is 3. The number of hydrogen-bond acceptors (Lipinski definition) is 8. The van der Waals surface area contributed by atoms with Gasteiger partial charge in [-0.15, -0.1) is 0 Å². The molecular formula is C32H35N3O8. The Morgan fingerprint density at radius 1 is 1.02 bits per heavy atom. The van der Waals surface area contributed by atoms with E-state index in [-0.39, 0.29) is 30.8 Å². The van der Waals surface area contributed by atoms with Crippen molar-refractivity contribution >= 4 is 23.7 Å². The minimum atomic E-state index is -1.10. The Morgan fingerprint density at radius 3 is 2.28 bits per heavy atom. The van der Waals surface area contributed by atoms with Gasteiger partial charge in [-0.3, -0.25) is 19.8 Å². The first-order valence-corrected chi connectivity index (χ1v) is 13.8. The minimum Gasteiger partial charge on any atom is -0.467 e. The zero-order valence-electron chi connectivity index (χ0n) is 24.8. The van der Waals surface area contributed by atoms with Gasteiger partial charge in [-0.25, -0.2) is 9.59 Å². The lowest BCUT2D eigenvalue weighted by molar-refractivity contribution is -0.385. The van der Waals surface area contributed by atoms with E-state index in [1.54, 1.807) is 45.0 Å². The summed E-state index contributed by atoms with van der Waals surface area (Å²) in [6, 6.07) is 18.1. The van der Waals surface area contributed by atoms with Crippen LogP contribution in [-0.2, 0) is 38.4 Å². The van der Waals surface area contributed by atoms with E-state index in [4.69, 9.17) is 14.2 Å². The highest BCUT2D eigenvalue weighted by Gasteiger charge is 2.39. The molecule has 0 saturated carbocycles. The van der Waals surface area contributed by atoms with Crippen LogP contribution in [0.25, 0.3) is 0 Å². The molecule has 2 heterocycles. The molecule has 226 valence electrons. The molecule has 0 fully saturated rings. The average molecular weight is 590 g/mol. The van der Waals surface area contributed by atoms with Crippen LogP contribution in [0.2, 0.25) is 0 Å². The third-order valence-electron chi connectivity index (χ3n) is 7.00. The van der Waals surface area contributed by atoms with Crippen LogP contribution >= 0.6 is 0 Å².